The zero-order valence-electron chi connectivity index (χ0n) is 71.4. The van der Waals surface area contributed by atoms with Gasteiger partial charge in [-0.3, -0.25) is 43.2 Å². The van der Waals surface area contributed by atoms with Crippen LogP contribution >= 0.6 is 34.9 Å². The Morgan fingerprint density at radius 3 is 0.907 bits per heavy atom. The van der Waals surface area contributed by atoms with Gasteiger partial charge in [0.25, 0.3) is 0 Å². The predicted octanol–water partition coefficient (Wildman–Crippen LogP) is 21.6. The number of nitrogens with two attached hydrogens (primary N) is 1. The predicted molar refractivity (Wildman–Crippen MR) is 528 cm³/mol. The van der Waals surface area contributed by atoms with E-state index in [1.54, 1.807) is 104 Å². The van der Waals surface area contributed by atoms with E-state index in [1.807, 2.05) is 36.4 Å². The van der Waals surface area contributed by atoms with E-state index >= 15 is 0 Å². The summed E-state index contributed by atoms with van der Waals surface area (Å²) in [5, 5.41) is 27.7. The maximum atomic E-state index is 13.5. The zero-order chi connectivity index (χ0) is 94.0. The summed E-state index contributed by atoms with van der Waals surface area (Å²) < 4.78 is 87.2. The molecule has 0 unspecified atom stereocenters. The van der Waals surface area contributed by atoms with Crippen molar-refractivity contribution in [2.24, 2.45) is 47.3 Å². The molecule has 13 rings (SSSR count). The number of benzene rings is 7. The van der Waals surface area contributed by atoms with Gasteiger partial charge in [0.05, 0.1) is 71.6 Å². The molecule has 0 saturated heterocycles. The van der Waals surface area contributed by atoms with Gasteiger partial charge in [0.15, 0.2) is 5.13 Å². The number of anilines is 1. The molecule has 4 aliphatic carbocycles. The first-order chi connectivity index (χ1) is 63.9. The number of rotatable bonds is 33. The van der Waals surface area contributed by atoms with Gasteiger partial charge in [-0.1, -0.05) is 133 Å². The molecule has 5 aliphatic rings. The van der Waals surface area contributed by atoms with E-state index in [0.717, 1.165) is 58.2 Å². The molecule has 4 fully saturated rings. The van der Waals surface area contributed by atoms with Crippen LogP contribution in [0.2, 0.25) is 0 Å². The number of allylic oxidation sites excluding steroid dienone is 1. The topological polar surface area (TPSA) is 463 Å². The van der Waals surface area contributed by atoms with E-state index in [9.17, 15) is 68.1 Å². The van der Waals surface area contributed by atoms with E-state index in [2.05, 4.69) is 24.7 Å². The molecule has 2 heterocycles. The van der Waals surface area contributed by atoms with Crippen LogP contribution in [0.1, 0.15) is 181 Å². The minimum atomic E-state index is -0.624. The number of para-hydroxylation sites is 1. The average Bonchev–Trinajstić information content (AvgIpc) is 1.62. The standard InChI is InChI=1S/C46H40N2O14S2.C43H45NO14.C7H6N2S.8CH4/c1-3-38(49)57-25-55-32-13-17-34(18-14-32)59-42(51)27-5-9-29(10-6-27)44(53)61-36-21-22-37(41-40(36)63-46(64-41)31(23-47)24-48)62-45(54)30-11-7-28(8-12-30)43(52)60-35-19-15-33(16-20-35)56-26-58-39(50)4-2;1-3-38(45)53-25-51-32-13-17-34(18-14-32)55-40(47)27-5-7-29(8-6-27)42(49)57-36-21-22-37(31(23-36)24-44)58-43(50)30-11-9-28(10-12-30)41(48)56-35-19-15-33(16-20-35)52-26-54-39(46)4-2;8-7-9-5-3-1-2-4-6(5)10-7;;;;;;;;/h3-4,13-22,27-30H,1-2,5-12,25-26H2;3,13-24,27-30,44H,1,4-12,25-26H2,2H3;1-4H,(H2,8,9);8*1H4. The molecule has 7 aromatic carbocycles. The van der Waals surface area contributed by atoms with Gasteiger partial charge in [0.2, 0.25) is 27.2 Å². The second-order valence-corrected chi connectivity index (χ2v) is 33.4. The summed E-state index contributed by atoms with van der Waals surface area (Å²) in [4.78, 5) is 154. The first kappa shape index (κ1) is 120. The summed E-state index contributed by atoms with van der Waals surface area (Å²) >= 11 is 3.65. The number of thiazole rings is 1. The van der Waals surface area contributed by atoms with Gasteiger partial charge in [-0.15, -0.1) is 0 Å². The molecular weight excluding hydrogens is 1860 g/mol. The number of nitrogens with one attached hydrogen (secondary N) is 1. The fourth-order valence-corrected chi connectivity index (χ4v) is 17.4. The molecule has 0 bridgehead atoms. The lowest BCUT2D eigenvalue weighted by molar-refractivity contribution is -0.150. The molecule has 1 aliphatic heterocycles. The number of aromatic nitrogens is 1. The first-order valence-corrected chi connectivity index (χ1v) is 44.3. The number of carbonyl (C=O) groups excluding carboxylic acids is 12. The zero-order valence-corrected chi connectivity index (χ0v) is 73.9. The van der Waals surface area contributed by atoms with Crippen molar-refractivity contribution in [1.29, 1.82) is 15.9 Å². The minimum absolute atomic E-state index is 0. The number of nitrogens with zero attached hydrogens (tertiary/aromatic N) is 3. The van der Waals surface area contributed by atoms with Crippen molar-refractivity contribution in [3.63, 3.8) is 0 Å². The van der Waals surface area contributed by atoms with Crippen LogP contribution in [0.3, 0.4) is 0 Å². The van der Waals surface area contributed by atoms with E-state index in [-0.39, 0.29) is 133 Å². The molecule has 750 valence electrons. The van der Waals surface area contributed by atoms with Crippen LogP contribution in [0.5, 0.6) is 69.0 Å². The highest BCUT2D eigenvalue weighted by Gasteiger charge is 2.39. The van der Waals surface area contributed by atoms with E-state index in [4.69, 9.17) is 86.9 Å². The molecule has 3 N–H and O–H groups in total. The van der Waals surface area contributed by atoms with Crippen LogP contribution < -0.4 is 62.6 Å². The summed E-state index contributed by atoms with van der Waals surface area (Å²) in [5.41, 5.74) is 6.59. The number of fused-ring (bicyclic) bond motifs is 2. The molecule has 0 spiro atoms. The van der Waals surface area contributed by atoms with E-state index in [1.165, 1.54) is 41.7 Å². The molecule has 33 nitrogen and oxygen atoms in total. The molecule has 140 heavy (non-hydrogen) atoms. The van der Waals surface area contributed by atoms with Crippen molar-refractivity contribution in [3.8, 4) is 81.1 Å². The molecule has 1 aromatic heterocycles. The number of carbonyl (C=O) groups is 12. The second-order valence-electron chi connectivity index (χ2n) is 30.0. The Morgan fingerprint density at radius 2 is 0.629 bits per heavy atom. The van der Waals surface area contributed by atoms with Crippen molar-refractivity contribution in [2.45, 2.75) is 185 Å². The van der Waals surface area contributed by atoms with Gasteiger partial charge in [0.1, 0.15) is 86.7 Å². The Bertz CT molecular complexity index is 5460. The molecule has 36 heteroatoms. The van der Waals surface area contributed by atoms with Crippen LogP contribution in [-0.2, 0) is 76.5 Å². The minimum Gasteiger partial charge on any atom is -0.457 e. The summed E-state index contributed by atoms with van der Waals surface area (Å²) in [6, 6.07) is 44.2. The van der Waals surface area contributed by atoms with Gasteiger partial charge in [0, 0.05) is 36.4 Å². The maximum Gasteiger partial charge on any atom is 0.333 e. The van der Waals surface area contributed by atoms with Crippen LogP contribution in [0, 0.1) is 75.4 Å². The quantitative estimate of drug-likeness (QED) is 0.00733. The SMILES string of the molecule is C.C.C.C.C.C.C.C.C=CC(=O)OCOc1ccc(OC(=O)C2CCC(C(=O)Oc3ccc(OC(=O)C4CCC(C(=O)Oc5ccc(OCOC(=O)C=C)cc5)CC4)c4c3SC(=C(C#N)C#N)S4)CC2)cc1.C=CC(=O)OCOc1ccc(OC(=O)C2CCC(C(=O)Oc3ccc(OC(=O)C4CCC(C(=O)Oc5ccc(OCOC(=O)CC)cc5)CC4)c(C=N)c3)CC2)cc1.Nc1nc2ccccc2s1. The Hall–Kier alpha value is -14.6. The highest BCUT2D eigenvalue weighted by atomic mass is 32.2. The molecule has 8 aromatic rings. The van der Waals surface area contributed by atoms with Crippen molar-refractivity contribution in [3.05, 3.63) is 205 Å². The van der Waals surface area contributed by atoms with Crippen LogP contribution in [-0.4, -0.2) is 110 Å². The highest BCUT2D eigenvalue weighted by Crippen LogP contribution is 2.59. The van der Waals surface area contributed by atoms with Crippen LogP contribution in [0.25, 0.3) is 10.2 Å². The number of nitrogen functional groups attached to an aromatic ring is 1. The normalized spacial score (nSPS) is 16.9. The van der Waals surface area contributed by atoms with Gasteiger partial charge >= 0.3 is 71.6 Å². The Morgan fingerprint density at radius 1 is 0.371 bits per heavy atom. The fraction of sp³-hybridized carbons (Fsp3) is 0.365. The maximum absolute atomic E-state index is 13.5. The number of hydrogen-bond acceptors (Lipinski definition) is 36. The molecule has 0 amide bonds. The van der Waals surface area contributed by atoms with Crippen LogP contribution in [0.15, 0.2) is 209 Å². The lowest BCUT2D eigenvalue weighted by Crippen LogP contribution is -2.30. The van der Waals surface area contributed by atoms with Gasteiger partial charge in [-0.05, 0) is 242 Å². The van der Waals surface area contributed by atoms with Gasteiger partial charge < -0.3 is 86.9 Å². The van der Waals surface area contributed by atoms with Crippen molar-refractivity contribution in [1.82, 2.24) is 4.98 Å². The smallest absolute Gasteiger partial charge is 0.333 e. The second kappa shape index (κ2) is 60.2. The third kappa shape index (κ3) is 35.4. The fourth-order valence-electron chi connectivity index (χ4n) is 14.1. The number of hydrogen-bond donors (Lipinski definition) is 2. The summed E-state index contributed by atoms with van der Waals surface area (Å²) in [5.74, 6) is -5.86. The van der Waals surface area contributed by atoms with Gasteiger partial charge in [-0.2, -0.15) is 10.5 Å². The number of thioether (sulfide) groups is 2. The first-order valence-electron chi connectivity index (χ1n) is 41.9. The Labute approximate surface area is 829 Å². The molecule has 0 radical (unpaired) electrons. The molecular formula is C104H123N5O28S3. The lowest BCUT2D eigenvalue weighted by Gasteiger charge is -2.26. The van der Waals surface area contributed by atoms with E-state index < -0.39 is 113 Å². The third-order valence-electron chi connectivity index (χ3n) is 21.4. The van der Waals surface area contributed by atoms with Crippen LogP contribution in [0.4, 0.5) is 5.13 Å². The molecule has 4 saturated carbocycles. The van der Waals surface area contributed by atoms with Crippen molar-refractivity contribution >= 4 is 128 Å². The van der Waals surface area contributed by atoms with E-state index in [0.29, 0.717) is 168 Å². The number of esters is 12. The Balaban J connectivity index is 0.000000621. The largest absolute Gasteiger partial charge is 0.457 e. The highest BCUT2D eigenvalue weighted by molar-refractivity contribution is 8.24. The van der Waals surface area contributed by atoms with Crippen molar-refractivity contribution in [2.75, 3.05) is 32.9 Å². The number of nitriles is 2. The number of ether oxygens (including phenoxy) is 16. The summed E-state index contributed by atoms with van der Waals surface area (Å²) in [7, 11) is 0. The van der Waals surface area contributed by atoms with Crippen molar-refractivity contribution < 1.29 is 133 Å². The summed E-state index contributed by atoms with van der Waals surface area (Å²) in [6.45, 7) is 10.5. The summed E-state index contributed by atoms with van der Waals surface area (Å²) in [6.07, 6.45) is 10.7. The molecule has 0 atom stereocenters. The third-order valence-corrected chi connectivity index (χ3v) is 24.9. The average molecular weight is 1990 g/mol. The monoisotopic (exact) mass is 1990 g/mol. The Kier molecular flexibility index (Phi) is 51.4. The van der Waals surface area contributed by atoms with Gasteiger partial charge in [-0.25, -0.2) is 19.4 Å². The lowest BCUT2D eigenvalue weighted by atomic mass is 9.82.